The molecule has 0 spiro atoms. The van der Waals surface area contributed by atoms with E-state index in [1.807, 2.05) is 0 Å². The first-order valence-electron chi connectivity index (χ1n) is 6.08. The van der Waals surface area contributed by atoms with Crippen molar-refractivity contribution in [2.75, 3.05) is 13.2 Å². The Morgan fingerprint density at radius 2 is 1.42 bits per heavy atom. The van der Waals surface area contributed by atoms with Crippen LogP contribution in [0.5, 0.6) is 0 Å². The molecular formula is C12H22O7. The van der Waals surface area contributed by atoms with E-state index in [-0.39, 0.29) is 13.2 Å². The van der Waals surface area contributed by atoms with Gasteiger partial charge in [-0.25, -0.2) is 9.59 Å². The van der Waals surface area contributed by atoms with Gasteiger partial charge in [-0.1, -0.05) is 0 Å². The number of hydrogen-bond acceptors (Lipinski definition) is 7. The van der Waals surface area contributed by atoms with E-state index in [4.69, 9.17) is 24.4 Å². The van der Waals surface area contributed by atoms with Crippen LogP contribution in [0.1, 0.15) is 27.7 Å². The maximum absolute atomic E-state index is 11.1. The van der Waals surface area contributed by atoms with E-state index < -0.39 is 36.4 Å². The standard InChI is InChI=1S/C12H22O7/c1-7(5-18-11(15)9(3)13)17-6-8(2)19-12(16)10(4)14/h7-10,13-14H,5-6H2,1-4H3. The van der Waals surface area contributed by atoms with E-state index in [0.29, 0.717) is 0 Å². The molecule has 0 fully saturated rings. The highest BCUT2D eigenvalue weighted by Crippen LogP contribution is 2.00. The Morgan fingerprint density at radius 3 is 1.89 bits per heavy atom. The summed E-state index contributed by atoms with van der Waals surface area (Å²) < 4.78 is 14.9. The summed E-state index contributed by atoms with van der Waals surface area (Å²) in [5.74, 6) is -1.44. The average Bonchev–Trinajstić information content (AvgIpc) is 2.32. The average molecular weight is 278 g/mol. The zero-order chi connectivity index (χ0) is 15.0. The van der Waals surface area contributed by atoms with Gasteiger partial charge in [-0.3, -0.25) is 0 Å². The minimum absolute atomic E-state index is 0.000796. The summed E-state index contributed by atoms with van der Waals surface area (Å²) in [5, 5.41) is 17.9. The van der Waals surface area contributed by atoms with Crippen molar-refractivity contribution in [3.8, 4) is 0 Å². The molecular weight excluding hydrogens is 256 g/mol. The number of rotatable bonds is 8. The fourth-order valence-corrected chi connectivity index (χ4v) is 0.999. The van der Waals surface area contributed by atoms with Crippen LogP contribution in [0.2, 0.25) is 0 Å². The molecule has 0 aliphatic heterocycles. The molecule has 0 amide bonds. The van der Waals surface area contributed by atoms with Gasteiger partial charge in [0.1, 0.15) is 24.9 Å². The summed E-state index contributed by atoms with van der Waals surface area (Å²) in [7, 11) is 0. The largest absolute Gasteiger partial charge is 0.461 e. The molecule has 0 bridgehead atoms. The Hall–Kier alpha value is -1.18. The first kappa shape index (κ1) is 17.8. The van der Waals surface area contributed by atoms with Crippen LogP contribution < -0.4 is 0 Å². The second-order valence-electron chi connectivity index (χ2n) is 4.37. The van der Waals surface area contributed by atoms with E-state index in [1.165, 1.54) is 13.8 Å². The molecule has 0 radical (unpaired) electrons. The van der Waals surface area contributed by atoms with E-state index in [0.717, 1.165) is 0 Å². The van der Waals surface area contributed by atoms with Gasteiger partial charge < -0.3 is 24.4 Å². The summed E-state index contributed by atoms with van der Waals surface area (Å²) in [6, 6.07) is 0. The van der Waals surface area contributed by atoms with Gasteiger partial charge in [0, 0.05) is 0 Å². The molecule has 0 saturated heterocycles. The molecule has 0 aromatic rings. The Labute approximate surface area is 112 Å². The van der Waals surface area contributed by atoms with E-state index in [9.17, 15) is 9.59 Å². The molecule has 19 heavy (non-hydrogen) atoms. The predicted octanol–water partition coefficient (Wildman–Crippen LogP) is -0.372. The lowest BCUT2D eigenvalue weighted by Crippen LogP contribution is -2.30. The number of ether oxygens (including phenoxy) is 3. The number of esters is 2. The third-order valence-corrected chi connectivity index (χ3v) is 2.08. The molecule has 0 rings (SSSR count). The first-order valence-corrected chi connectivity index (χ1v) is 6.08. The van der Waals surface area contributed by atoms with Gasteiger partial charge in [0.15, 0.2) is 0 Å². The van der Waals surface area contributed by atoms with Crippen molar-refractivity contribution in [1.29, 1.82) is 0 Å². The van der Waals surface area contributed by atoms with Gasteiger partial charge in [0.2, 0.25) is 0 Å². The minimum Gasteiger partial charge on any atom is -0.461 e. The predicted molar refractivity (Wildman–Crippen MR) is 65.3 cm³/mol. The summed E-state index contributed by atoms with van der Waals surface area (Å²) in [5.41, 5.74) is 0. The summed E-state index contributed by atoms with van der Waals surface area (Å²) >= 11 is 0. The van der Waals surface area contributed by atoms with E-state index in [1.54, 1.807) is 13.8 Å². The number of carbonyl (C=O) groups is 2. The van der Waals surface area contributed by atoms with Gasteiger partial charge in [0.25, 0.3) is 0 Å². The topological polar surface area (TPSA) is 102 Å². The van der Waals surface area contributed by atoms with Crippen molar-refractivity contribution >= 4 is 11.9 Å². The molecule has 0 aliphatic rings. The van der Waals surface area contributed by atoms with Crippen molar-refractivity contribution < 1.29 is 34.0 Å². The lowest BCUT2D eigenvalue weighted by Gasteiger charge is -2.18. The van der Waals surface area contributed by atoms with Crippen molar-refractivity contribution in [2.24, 2.45) is 0 Å². The molecule has 0 heterocycles. The molecule has 4 atom stereocenters. The summed E-state index contributed by atoms with van der Waals surface area (Å²) in [6.45, 7) is 6.04. The Balaban J connectivity index is 3.81. The molecule has 0 aromatic carbocycles. The third kappa shape index (κ3) is 8.52. The van der Waals surface area contributed by atoms with Gasteiger partial charge in [-0.05, 0) is 27.7 Å². The van der Waals surface area contributed by atoms with Crippen LogP contribution in [0.25, 0.3) is 0 Å². The molecule has 7 nitrogen and oxygen atoms in total. The first-order chi connectivity index (χ1) is 8.73. The Bertz CT molecular complexity index is 288. The molecule has 0 aliphatic carbocycles. The maximum atomic E-state index is 11.1. The zero-order valence-corrected chi connectivity index (χ0v) is 11.7. The van der Waals surface area contributed by atoms with Crippen LogP contribution in [-0.2, 0) is 23.8 Å². The van der Waals surface area contributed by atoms with Crippen LogP contribution in [0.3, 0.4) is 0 Å². The number of carbonyl (C=O) groups excluding carboxylic acids is 2. The van der Waals surface area contributed by atoms with Gasteiger partial charge in [-0.2, -0.15) is 0 Å². The van der Waals surface area contributed by atoms with Gasteiger partial charge in [0.05, 0.1) is 12.7 Å². The monoisotopic (exact) mass is 278 g/mol. The number of aliphatic hydroxyl groups is 2. The van der Waals surface area contributed by atoms with Crippen molar-refractivity contribution in [3.63, 3.8) is 0 Å². The van der Waals surface area contributed by atoms with Crippen LogP contribution in [0, 0.1) is 0 Å². The summed E-state index contributed by atoms with van der Waals surface area (Å²) in [6.07, 6.45) is -3.25. The fourth-order valence-electron chi connectivity index (χ4n) is 0.999. The van der Waals surface area contributed by atoms with Crippen LogP contribution >= 0.6 is 0 Å². The van der Waals surface area contributed by atoms with Crippen LogP contribution in [0.15, 0.2) is 0 Å². The summed E-state index contributed by atoms with van der Waals surface area (Å²) in [4.78, 5) is 22.0. The molecule has 112 valence electrons. The van der Waals surface area contributed by atoms with Crippen LogP contribution in [0.4, 0.5) is 0 Å². The van der Waals surface area contributed by atoms with E-state index in [2.05, 4.69) is 0 Å². The number of aliphatic hydroxyl groups excluding tert-OH is 2. The van der Waals surface area contributed by atoms with Crippen molar-refractivity contribution in [2.45, 2.75) is 52.1 Å². The smallest absolute Gasteiger partial charge is 0.335 e. The van der Waals surface area contributed by atoms with E-state index >= 15 is 0 Å². The Kier molecular flexibility index (Phi) is 8.29. The molecule has 4 unspecified atom stereocenters. The second kappa shape index (κ2) is 8.84. The molecule has 7 heteroatoms. The highest BCUT2D eigenvalue weighted by atomic mass is 16.6. The normalized spacial score (nSPS) is 17.2. The maximum Gasteiger partial charge on any atom is 0.335 e. The fraction of sp³-hybridized carbons (Fsp3) is 0.833. The SMILES string of the molecule is CC(COC(=O)C(C)O)OCC(C)OC(=O)C(C)O. The highest BCUT2D eigenvalue weighted by molar-refractivity contribution is 5.74. The quantitative estimate of drug-likeness (QED) is 0.584. The van der Waals surface area contributed by atoms with Gasteiger partial charge >= 0.3 is 11.9 Å². The van der Waals surface area contributed by atoms with Crippen LogP contribution in [-0.4, -0.2) is 59.8 Å². The molecule has 2 N–H and O–H groups in total. The van der Waals surface area contributed by atoms with Crippen molar-refractivity contribution in [1.82, 2.24) is 0 Å². The lowest BCUT2D eigenvalue weighted by molar-refractivity contribution is -0.163. The zero-order valence-electron chi connectivity index (χ0n) is 11.7. The lowest BCUT2D eigenvalue weighted by atomic mass is 10.3. The minimum atomic E-state index is -1.17. The molecule has 0 saturated carbocycles. The third-order valence-electron chi connectivity index (χ3n) is 2.08. The highest BCUT2D eigenvalue weighted by Gasteiger charge is 2.17. The number of hydrogen-bond donors (Lipinski definition) is 2. The second-order valence-corrected chi connectivity index (χ2v) is 4.37. The van der Waals surface area contributed by atoms with Crippen molar-refractivity contribution in [3.05, 3.63) is 0 Å². The molecule has 0 aromatic heterocycles. The Morgan fingerprint density at radius 1 is 0.895 bits per heavy atom. The van der Waals surface area contributed by atoms with Gasteiger partial charge in [-0.15, -0.1) is 0 Å².